The van der Waals surface area contributed by atoms with Crippen molar-refractivity contribution in [3.63, 3.8) is 0 Å². The Morgan fingerprint density at radius 2 is 0.736 bits per heavy atom. The van der Waals surface area contributed by atoms with Gasteiger partial charge in [-0.1, -0.05) is 166 Å². The Balaban J connectivity index is 1.08. The molecule has 0 aromatic heterocycles. The summed E-state index contributed by atoms with van der Waals surface area (Å²) >= 11 is 0. The van der Waals surface area contributed by atoms with Gasteiger partial charge < -0.3 is 19.3 Å². The summed E-state index contributed by atoms with van der Waals surface area (Å²) in [7, 11) is -2.02. The molecule has 4 atom stereocenters. The smallest absolute Gasteiger partial charge is 0.283 e. The van der Waals surface area contributed by atoms with Crippen LogP contribution in [-0.4, -0.2) is 42.7 Å². The van der Waals surface area contributed by atoms with E-state index in [4.69, 9.17) is 18.3 Å². The van der Waals surface area contributed by atoms with Gasteiger partial charge in [0.05, 0.1) is 59.3 Å². The van der Waals surface area contributed by atoms with Crippen LogP contribution in [0.1, 0.15) is 57.3 Å². The van der Waals surface area contributed by atoms with Crippen molar-refractivity contribution in [2.24, 2.45) is 8.80 Å². The van der Waals surface area contributed by atoms with Crippen molar-refractivity contribution in [2.75, 3.05) is 24.0 Å². The molecule has 2 fully saturated rings. The number of benzene rings is 8. The first-order valence-corrected chi connectivity index (χ1v) is 28.3. The molecule has 0 radical (unpaired) electrons. The summed E-state index contributed by atoms with van der Waals surface area (Å²) in [5.74, 6) is 1.36. The van der Waals surface area contributed by atoms with E-state index < -0.39 is 31.9 Å². The monoisotopic (exact) mass is 1030 g/mol. The van der Waals surface area contributed by atoms with E-state index in [0.717, 1.165) is 54.5 Å². The first kappa shape index (κ1) is 48.5. The molecule has 0 bridgehead atoms. The number of amidine groups is 2. The Morgan fingerprint density at radius 1 is 0.403 bits per heavy atom. The molecule has 10 rings (SSSR count). The number of sulfonamides is 2. The molecule has 8 aromatic carbocycles. The van der Waals surface area contributed by atoms with Gasteiger partial charge in [0.2, 0.25) is 0 Å². The van der Waals surface area contributed by atoms with Crippen molar-refractivity contribution in [3.8, 4) is 11.5 Å². The number of para-hydroxylation sites is 2. The van der Waals surface area contributed by atoms with E-state index >= 15 is 0 Å². The summed E-state index contributed by atoms with van der Waals surface area (Å²) in [5.41, 5.74) is 7.19. The molecule has 72 heavy (non-hydrogen) atoms. The van der Waals surface area contributed by atoms with Gasteiger partial charge in [-0.25, -0.2) is 0 Å². The summed E-state index contributed by atoms with van der Waals surface area (Å²) in [4.78, 5) is 6.02. The van der Waals surface area contributed by atoms with Gasteiger partial charge in [-0.3, -0.25) is 0 Å². The number of methoxy groups -OCH3 is 2. The summed E-state index contributed by atoms with van der Waals surface area (Å²) in [6.45, 7) is 3.83. The highest BCUT2D eigenvalue weighted by molar-refractivity contribution is 8.76. The second-order valence-electron chi connectivity index (χ2n) is 17.5. The topological polar surface area (TPSA) is 118 Å². The fraction of sp³-hybridized carbons (Fsp3) is 0.138. The standard InChI is InChI=1S/C58H50N4O6S4/c1-39-23-35-47(36-24-39)71(63,64)59-57-53(41-15-7-5-8-16-41)55(43-27-31-45(67-3)32-28-43)61(57)49-19-11-13-21-51(49)69-70-52-22-14-12-20-50(52)62-56(44-29-33-46(68-4)34-30-44)54(42-17-9-6-10-18-42)58(62)60-72(65,66)48-37-25-40(2)26-38-48/h5-38,53-56H,1-4H3/b59-57-,60-58-. The van der Waals surface area contributed by atoms with E-state index in [1.165, 1.54) is 21.6 Å². The van der Waals surface area contributed by atoms with Crippen molar-refractivity contribution >= 4 is 64.7 Å². The fourth-order valence-corrected chi connectivity index (χ4v) is 13.7. The molecule has 0 spiro atoms. The van der Waals surface area contributed by atoms with Gasteiger partial charge in [0.15, 0.2) is 0 Å². The molecule has 362 valence electrons. The third-order valence-electron chi connectivity index (χ3n) is 13.0. The van der Waals surface area contributed by atoms with Crippen LogP contribution in [0.2, 0.25) is 0 Å². The second-order valence-corrected chi connectivity index (χ2v) is 23.0. The van der Waals surface area contributed by atoms with Crippen LogP contribution in [0.25, 0.3) is 0 Å². The normalized spacial score (nSPS) is 18.9. The number of aryl methyl sites for hydroxylation is 2. The molecule has 4 unspecified atom stereocenters. The van der Waals surface area contributed by atoms with Crippen molar-refractivity contribution in [2.45, 2.75) is 57.3 Å². The first-order chi connectivity index (χ1) is 34.9. The average molecular weight is 1030 g/mol. The minimum Gasteiger partial charge on any atom is -0.497 e. The Labute approximate surface area is 429 Å². The highest BCUT2D eigenvalue weighted by atomic mass is 33.1. The van der Waals surface area contributed by atoms with Crippen LogP contribution >= 0.6 is 21.6 Å². The molecule has 14 heteroatoms. The van der Waals surface area contributed by atoms with E-state index in [1.807, 2.05) is 181 Å². The van der Waals surface area contributed by atoms with Crippen molar-refractivity contribution < 1.29 is 26.3 Å². The highest BCUT2D eigenvalue weighted by Crippen LogP contribution is 2.57. The largest absolute Gasteiger partial charge is 0.497 e. The number of nitrogens with zero attached hydrogens (tertiary/aromatic N) is 4. The quantitative estimate of drug-likeness (QED) is 0.0919. The lowest BCUT2D eigenvalue weighted by Gasteiger charge is -2.51. The number of hydrogen-bond donors (Lipinski definition) is 0. The molecular weight excluding hydrogens is 977 g/mol. The summed E-state index contributed by atoms with van der Waals surface area (Å²) in [5, 5.41) is 0. The van der Waals surface area contributed by atoms with Gasteiger partial charge in [-0.15, -0.1) is 8.80 Å². The summed E-state index contributed by atoms with van der Waals surface area (Å²) in [6, 6.07) is 64.2. The van der Waals surface area contributed by atoms with Crippen LogP contribution in [0.15, 0.2) is 235 Å². The van der Waals surface area contributed by atoms with Crippen molar-refractivity contribution in [3.05, 3.63) is 240 Å². The van der Waals surface area contributed by atoms with E-state index in [9.17, 15) is 16.8 Å². The lowest BCUT2D eigenvalue weighted by Crippen LogP contribution is -2.54. The van der Waals surface area contributed by atoms with Gasteiger partial charge in [0.25, 0.3) is 20.0 Å². The number of hydrogen-bond acceptors (Lipinski definition) is 8. The molecule has 2 aliphatic heterocycles. The van der Waals surface area contributed by atoms with Gasteiger partial charge in [-0.2, -0.15) is 16.8 Å². The minimum atomic E-state index is -4.16. The summed E-state index contributed by atoms with van der Waals surface area (Å²) in [6.07, 6.45) is 0. The molecule has 0 saturated carbocycles. The van der Waals surface area contributed by atoms with Crippen molar-refractivity contribution in [1.29, 1.82) is 0 Å². The zero-order valence-corrected chi connectivity index (χ0v) is 43.1. The molecule has 2 aliphatic rings. The molecule has 8 aromatic rings. The second kappa shape index (κ2) is 20.6. The molecule has 2 saturated heterocycles. The Kier molecular flexibility index (Phi) is 13.9. The molecule has 0 N–H and O–H groups in total. The first-order valence-electron chi connectivity index (χ1n) is 23.3. The Morgan fingerprint density at radius 3 is 1.08 bits per heavy atom. The van der Waals surface area contributed by atoms with Crippen LogP contribution in [0.3, 0.4) is 0 Å². The van der Waals surface area contributed by atoms with E-state index in [-0.39, 0.29) is 21.9 Å². The zero-order valence-electron chi connectivity index (χ0n) is 39.8. The predicted molar refractivity (Wildman–Crippen MR) is 291 cm³/mol. The molecule has 0 amide bonds. The number of anilines is 2. The molecule has 0 aliphatic carbocycles. The Hall–Kier alpha value is -7.10. The van der Waals surface area contributed by atoms with E-state index in [0.29, 0.717) is 23.2 Å². The third-order valence-corrected chi connectivity index (χ3v) is 18.1. The predicted octanol–water partition coefficient (Wildman–Crippen LogP) is 13.4. The maximum absolute atomic E-state index is 14.3. The highest BCUT2D eigenvalue weighted by Gasteiger charge is 2.51. The van der Waals surface area contributed by atoms with Gasteiger partial charge in [0.1, 0.15) is 23.2 Å². The van der Waals surface area contributed by atoms with Crippen LogP contribution in [0.5, 0.6) is 11.5 Å². The summed E-state index contributed by atoms with van der Waals surface area (Å²) < 4.78 is 77.9. The van der Waals surface area contributed by atoms with Crippen LogP contribution < -0.4 is 19.3 Å². The number of ether oxygens (including phenoxy) is 2. The average Bonchev–Trinajstić information content (AvgIpc) is 3.40. The fourth-order valence-electron chi connectivity index (χ4n) is 9.33. The van der Waals surface area contributed by atoms with E-state index in [1.54, 1.807) is 62.8 Å². The molecule has 2 heterocycles. The van der Waals surface area contributed by atoms with Crippen LogP contribution in [0, 0.1) is 13.8 Å². The lowest BCUT2D eigenvalue weighted by molar-refractivity contribution is 0.414. The third kappa shape index (κ3) is 9.67. The molecular formula is C58H50N4O6S4. The van der Waals surface area contributed by atoms with Gasteiger partial charge in [-0.05, 0) is 109 Å². The SMILES string of the molecule is COc1ccc(C2C(c3ccccc3)/C(=N/S(=O)(=O)c3ccc(C)cc3)N2c2ccccc2SSc2ccccc2N2/C(=N\S(=O)(=O)c3ccc(C)cc3)C(c3ccccc3)C2c2ccc(OC)cc2)cc1. The van der Waals surface area contributed by atoms with Crippen molar-refractivity contribution in [1.82, 2.24) is 0 Å². The van der Waals surface area contributed by atoms with Crippen LogP contribution in [-0.2, 0) is 20.0 Å². The maximum Gasteiger partial charge on any atom is 0.283 e. The minimum absolute atomic E-state index is 0.109. The van der Waals surface area contributed by atoms with Gasteiger partial charge >= 0.3 is 0 Å². The van der Waals surface area contributed by atoms with Crippen LogP contribution in [0.4, 0.5) is 11.4 Å². The Bertz CT molecular complexity index is 3270. The van der Waals surface area contributed by atoms with Gasteiger partial charge in [0, 0.05) is 9.79 Å². The maximum atomic E-state index is 14.3. The lowest BCUT2D eigenvalue weighted by atomic mass is 9.77. The number of rotatable bonds is 15. The zero-order chi connectivity index (χ0) is 50.0. The van der Waals surface area contributed by atoms with E-state index in [2.05, 4.69) is 0 Å². The molecule has 10 nitrogen and oxygen atoms in total.